The largest absolute Gasteiger partial charge is 0.447 e. The lowest BCUT2D eigenvalue weighted by molar-refractivity contribution is 0.0556. The maximum Gasteiger partial charge on any atom is 0.341 e. The Kier molecular flexibility index (Phi) is 3.55. The van der Waals surface area contributed by atoms with Gasteiger partial charge in [-0.05, 0) is 6.07 Å². The number of carbonyl (C=O) groups excluding carboxylic acids is 1. The average Bonchev–Trinajstić information content (AvgIpc) is 2.41. The van der Waals surface area contributed by atoms with Crippen LogP contribution in [0, 0.1) is 11.3 Å². The van der Waals surface area contributed by atoms with Crippen LogP contribution >= 0.6 is 34.5 Å². The van der Waals surface area contributed by atoms with Gasteiger partial charge in [-0.1, -0.05) is 23.2 Å². The first-order valence-corrected chi connectivity index (χ1v) is 4.71. The van der Waals surface area contributed by atoms with Crippen LogP contribution in [-0.2, 0) is 4.74 Å². The lowest BCUT2D eigenvalue weighted by Crippen LogP contribution is -2.04. The van der Waals surface area contributed by atoms with Gasteiger partial charge in [-0.3, -0.25) is 0 Å². The number of nitriles is 1. The number of hydrogen-bond donors (Lipinski definition) is 0. The second-order valence-corrected chi connectivity index (χ2v) is 4.26. The molecule has 0 unspecified atom stereocenters. The van der Waals surface area contributed by atoms with E-state index >= 15 is 0 Å². The molecule has 0 saturated carbocycles. The van der Waals surface area contributed by atoms with Gasteiger partial charge in [-0.2, -0.15) is 5.26 Å². The first-order chi connectivity index (χ1) is 6.15. The molecule has 3 nitrogen and oxygen atoms in total. The number of ether oxygens (including phenoxy) is 1. The highest BCUT2D eigenvalue weighted by atomic mass is 35.5. The third-order valence-electron chi connectivity index (χ3n) is 1.14. The van der Waals surface area contributed by atoms with Crippen molar-refractivity contribution in [3.8, 4) is 6.07 Å². The second kappa shape index (κ2) is 4.47. The van der Waals surface area contributed by atoms with Crippen LogP contribution in [0.5, 0.6) is 0 Å². The topological polar surface area (TPSA) is 50.1 Å². The first-order valence-electron chi connectivity index (χ1n) is 3.14. The van der Waals surface area contributed by atoms with Crippen molar-refractivity contribution in [1.82, 2.24) is 0 Å². The van der Waals surface area contributed by atoms with E-state index in [-0.39, 0.29) is 16.5 Å². The monoisotopic (exact) mass is 235 g/mol. The molecule has 6 heteroatoms. The smallest absolute Gasteiger partial charge is 0.341 e. The van der Waals surface area contributed by atoms with Crippen LogP contribution in [0.15, 0.2) is 6.07 Å². The Labute approximate surface area is 88.4 Å². The zero-order chi connectivity index (χ0) is 9.84. The standard InChI is InChI=1S/C7H3Cl2NO2S/c8-5-3-4(6(9)13-5)7(11)12-2-1-10/h3H,2H2. The van der Waals surface area contributed by atoms with Gasteiger partial charge in [0.05, 0.1) is 9.90 Å². The maximum atomic E-state index is 11.1. The minimum absolute atomic E-state index is 0.201. The molecule has 1 aromatic rings. The first kappa shape index (κ1) is 10.3. The summed E-state index contributed by atoms with van der Waals surface area (Å²) in [7, 11) is 0. The van der Waals surface area contributed by atoms with E-state index in [0.29, 0.717) is 4.34 Å². The SMILES string of the molecule is N#CCOC(=O)c1cc(Cl)sc1Cl. The van der Waals surface area contributed by atoms with Crippen molar-refractivity contribution in [2.45, 2.75) is 0 Å². The minimum Gasteiger partial charge on any atom is -0.447 e. The lowest BCUT2D eigenvalue weighted by Gasteiger charge is -1.96. The Morgan fingerprint density at radius 1 is 1.69 bits per heavy atom. The van der Waals surface area contributed by atoms with Crippen LogP contribution in [-0.4, -0.2) is 12.6 Å². The summed E-state index contributed by atoms with van der Waals surface area (Å²) in [4.78, 5) is 11.1. The molecule has 0 bridgehead atoms. The number of nitrogens with zero attached hydrogens (tertiary/aromatic N) is 1. The number of hydrogen-bond acceptors (Lipinski definition) is 4. The van der Waals surface area contributed by atoms with Crippen molar-refractivity contribution in [2.24, 2.45) is 0 Å². The number of thiophene rings is 1. The normalized spacial score (nSPS) is 9.31. The molecular weight excluding hydrogens is 233 g/mol. The van der Waals surface area contributed by atoms with E-state index < -0.39 is 5.97 Å². The Morgan fingerprint density at radius 3 is 2.85 bits per heavy atom. The van der Waals surface area contributed by atoms with E-state index in [1.807, 2.05) is 0 Å². The van der Waals surface area contributed by atoms with Crippen LogP contribution in [0.1, 0.15) is 10.4 Å². The summed E-state index contributed by atoms with van der Waals surface area (Å²) in [6, 6.07) is 3.09. The number of carbonyl (C=O) groups is 1. The highest BCUT2D eigenvalue weighted by Gasteiger charge is 2.14. The van der Waals surface area contributed by atoms with E-state index in [0.717, 1.165) is 11.3 Å². The molecule has 0 aromatic carbocycles. The van der Waals surface area contributed by atoms with Crippen molar-refractivity contribution in [3.63, 3.8) is 0 Å². The molecule has 0 spiro atoms. The number of halogens is 2. The highest BCUT2D eigenvalue weighted by Crippen LogP contribution is 2.31. The molecule has 0 N–H and O–H groups in total. The Morgan fingerprint density at radius 2 is 2.38 bits per heavy atom. The summed E-state index contributed by atoms with van der Waals surface area (Å²) < 4.78 is 5.22. The molecule has 1 heterocycles. The van der Waals surface area contributed by atoms with E-state index in [2.05, 4.69) is 4.74 Å². The Balaban J connectivity index is 2.78. The third-order valence-corrected chi connectivity index (χ3v) is 2.63. The average molecular weight is 236 g/mol. The molecule has 0 amide bonds. The molecule has 1 rings (SSSR count). The highest BCUT2D eigenvalue weighted by molar-refractivity contribution is 7.20. The van der Waals surface area contributed by atoms with Crippen molar-refractivity contribution >= 4 is 40.5 Å². The fourth-order valence-electron chi connectivity index (χ4n) is 0.655. The quantitative estimate of drug-likeness (QED) is 0.741. The summed E-state index contributed by atoms with van der Waals surface area (Å²) in [5.74, 6) is -0.630. The molecule has 1 aromatic heterocycles. The fraction of sp³-hybridized carbons (Fsp3) is 0.143. The molecule has 68 valence electrons. The van der Waals surface area contributed by atoms with Crippen LogP contribution in [0.2, 0.25) is 8.67 Å². The van der Waals surface area contributed by atoms with Crippen LogP contribution in [0.4, 0.5) is 0 Å². The van der Waals surface area contributed by atoms with Gasteiger partial charge in [0.15, 0.2) is 6.61 Å². The van der Waals surface area contributed by atoms with Crippen LogP contribution < -0.4 is 0 Å². The molecular formula is C7H3Cl2NO2S. The van der Waals surface area contributed by atoms with Gasteiger partial charge in [0.2, 0.25) is 0 Å². The lowest BCUT2D eigenvalue weighted by atomic mass is 10.3. The van der Waals surface area contributed by atoms with E-state index in [9.17, 15) is 4.79 Å². The fourth-order valence-corrected chi connectivity index (χ4v) is 2.10. The summed E-state index contributed by atoms with van der Waals surface area (Å²) in [5.41, 5.74) is 0.201. The molecule has 0 aliphatic heterocycles. The van der Waals surface area contributed by atoms with Crippen LogP contribution in [0.3, 0.4) is 0 Å². The van der Waals surface area contributed by atoms with Crippen molar-refractivity contribution in [1.29, 1.82) is 5.26 Å². The van der Waals surface area contributed by atoms with Crippen molar-refractivity contribution < 1.29 is 9.53 Å². The zero-order valence-electron chi connectivity index (χ0n) is 6.21. The maximum absolute atomic E-state index is 11.1. The van der Waals surface area contributed by atoms with Gasteiger partial charge >= 0.3 is 5.97 Å². The molecule has 0 saturated heterocycles. The predicted octanol–water partition coefficient (Wildman–Crippen LogP) is 2.74. The Bertz CT molecular complexity index is 369. The second-order valence-electron chi connectivity index (χ2n) is 1.97. The van der Waals surface area contributed by atoms with Crippen molar-refractivity contribution in [2.75, 3.05) is 6.61 Å². The molecule has 0 radical (unpaired) electrons. The summed E-state index contributed by atoms with van der Waals surface area (Å²) in [6.45, 7) is -0.289. The summed E-state index contributed by atoms with van der Waals surface area (Å²) >= 11 is 12.4. The molecule has 0 aliphatic rings. The van der Waals surface area contributed by atoms with E-state index in [1.165, 1.54) is 6.07 Å². The van der Waals surface area contributed by atoms with Gasteiger partial charge in [0, 0.05) is 0 Å². The molecule has 13 heavy (non-hydrogen) atoms. The van der Waals surface area contributed by atoms with Gasteiger partial charge in [-0.15, -0.1) is 11.3 Å². The zero-order valence-corrected chi connectivity index (χ0v) is 8.54. The van der Waals surface area contributed by atoms with Crippen LogP contribution in [0.25, 0.3) is 0 Å². The van der Waals surface area contributed by atoms with Gasteiger partial charge < -0.3 is 4.74 Å². The Hall–Kier alpha value is -0.760. The van der Waals surface area contributed by atoms with E-state index in [4.69, 9.17) is 28.5 Å². The molecule has 0 atom stereocenters. The summed E-state index contributed by atoms with van der Waals surface area (Å²) in [6.07, 6.45) is 0. The van der Waals surface area contributed by atoms with Gasteiger partial charge in [-0.25, -0.2) is 4.79 Å². The molecule has 0 fully saturated rings. The minimum atomic E-state index is -0.630. The third kappa shape index (κ3) is 2.59. The van der Waals surface area contributed by atoms with Gasteiger partial charge in [0.25, 0.3) is 0 Å². The van der Waals surface area contributed by atoms with Gasteiger partial charge in [0.1, 0.15) is 10.4 Å². The number of rotatable bonds is 2. The predicted molar refractivity (Wildman–Crippen MR) is 50.2 cm³/mol. The van der Waals surface area contributed by atoms with Crippen molar-refractivity contribution in [3.05, 3.63) is 20.3 Å². The van der Waals surface area contributed by atoms with E-state index in [1.54, 1.807) is 6.07 Å². The number of esters is 1. The summed E-state index contributed by atoms with van der Waals surface area (Å²) in [5, 5.41) is 8.15. The molecule has 0 aliphatic carbocycles.